The molecule has 6 rings (SSSR count). The van der Waals surface area contributed by atoms with E-state index in [9.17, 15) is 14.7 Å². The number of hydrogen-bond donors (Lipinski definition) is 2. The second-order valence-corrected chi connectivity index (χ2v) is 15.5. The molecule has 1 aromatic heterocycles. The molecule has 1 atom stereocenters. The molecule has 11 heteroatoms. The molecular formula is C42H45Cl2N5O3Si. The summed E-state index contributed by atoms with van der Waals surface area (Å²) < 4.78 is 1.71. The molecule has 1 aliphatic rings. The van der Waals surface area contributed by atoms with Gasteiger partial charge in [-0.25, -0.2) is 4.68 Å². The molecular weight excluding hydrogens is 721 g/mol. The molecule has 0 fully saturated rings. The maximum atomic E-state index is 14.7. The molecule has 0 unspecified atom stereocenters. The van der Waals surface area contributed by atoms with Crippen molar-refractivity contribution < 1.29 is 14.7 Å². The molecule has 53 heavy (non-hydrogen) atoms. The number of rotatable bonds is 14. The number of aliphatic hydroxyl groups excluding tert-OH is 1. The monoisotopic (exact) mass is 765 g/mol. The summed E-state index contributed by atoms with van der Waals surface area (Å²) >= 11 is 12.5. The van der Waals surface area contributed by atoms with Crippen molar-refractivity contribution in [1.82, 2.24) is 19.6 Å². The van der Waals surface area contributed by atoms with Gasteiger partial charge < -0.3 is 19.9 Å². The summed E-state index contributed by atoms with van der Waals surface area (Å²) in [5, 5.41) is 17.5. The third kappa shape index (κ3) is 9.04. The molecule has 0 saturated carbocycles. The fourth-order valence-corrected chi connectivity index (χ4v) is 8.02. The van der Waals surface area contributed by atoms with E-state index in [0.717, 1.165) is 64.5 Å². The Labute approximate surface area is 324 Å². The number of aryl methyl sites for hydroxylation is 1. The molecule has 8 nitrogen and oxygen atoms in total. The standard InChI is InChI=1S/C42H45Cl2N5O3Si/c1-4-6-18-47(19-7-5-2)42(52)39-20-28(3)49(45-39)40-17-14-35(46-53-37-15-12-29(13-16-37)32-21-33(43)24-34(44)22-32)25-38(40)41(51)48-26-31-11-9-8-10-30(31)23-36(48)27-50/h8-17,20-22,24-25,36,46,50H,4-7,18-19,23,26-27H2,1-3H3/t36-/m0/s1. The van der Waals surface area contributed by atoms with E-state index in [2.05, 4.69) is 37.0 Å². The van der Waals surface area contributed by atoms with Gasteiger partial charge in [0.05, 0.1) is 23.9 Å². The van der Waals surface area contributed by atoms with E-state index in [1.807, 2.05) is 78.6 Å². The normalized spacial score (nSPS) is 13.8. The lowest BCUT2D eigenvalue weighted by molar-refractivity contribution is 0.0544. The van der Waals surface area contributed by atoms with Gasteiger partial charge in [0, 0.05) is 41.1 Å². The zero-order valence-electron chi connectivity index (χ0n) is 30.4. The predicted octanol–water partition coefficient (Wildman–Crippen LogP) is 8.11. The molecule has 2 radical (unpaired) electrons. The number of nitrogens with one attached hydrogen (secondary N) is 1. The van der Waals surface area contributed by atoms with Crippen molar-refractivity contribution in [3.05, 3.63) is 129 Å². The highest BCUT2D eigenvalue weighted by Crippen LogP contribution is 2.30. The van der Waals surface area contributed by atoms with E-state index in [1.165, 1.54) is 0 Å². The van der Waals surface area contributed by atoms with Gasteiger partial charge in [0.25, 0.3) is 11.8 Å². The number of aromatic nitrogens is 2. The number of unbranched alkanes of at least 4 members (excludes halogenated alkanes) is 2. The van der Waals surface area contributed by atoms with Gasteiger partial charge in [0.1, 0.15) is 0 Å². The van der Waals surface area contributed by atoms with E-state index in [-0.39, 0.29) is 34.1 Å². The number of carbonyl (C=O) groups is 2. The Bertz CT molecular complexity index is 2040. The van der Waals surface area contributed by atoms with E-state index < -0.39 is 0 Å². The lowest BCUT2D eigenvalue weighted by atomic mass is 9.93. The smallest absolute Gasteiger partial charge is 0.274 e. The maximum Gasteiger partial charge on any atom is 0.274 e. The topological polar surface area (TPSA) is 90.7 Å². The Balaban J connectivity index is 1.31. The highest BCUT2D eigenvalue weighted by Gasteiger charge is 2.32. The number of nitrogens with zero attached hydrogens (tertiary/aromatic N) is 4. The van der Waals surface area contributed by atoms with Gasteiger partial charge in [-0.15, -0.1) is 0 Å². The van der Waals surface area contributed by atoms with Crippen LogP contribution in [0.15, 0.2) is 91.0 Å². The molecule has 274 valence electrons. The van der Waals surface area contributed by atoms with Gasteiger partial charge in [-0.3, -0.25) is 9.59 Å². The number of aliphatic hydroxyl groups is 1. The number of hydrogen-bond acceptors (Lipinski definition) is 5. The Morgan fingerprint density at radius 1 is 0.887 bits per heavy atom. The quantitative estimate of drug-likeness (QED) is 0.112. The van der Waals surface area contributed by atoms with Gasteiger partial charge >= 0.3 is 0 Å². The van der Waals surface area contributed by atoms with Crippen LogP contribution in [0, 0.1) is 6.92 Å². The van der Waals surface area contributed by atoms with Gasteiger partial charge in [-0.2, -0.15) is 5.10 Å². The number of fused-ring (bicyclic) bond motifs is 1. The van der Waals surface area contributed by atoms with E-state index in [0.29, 0.717) is 53.0 Å². The van der Waals surface area contributed by atoms with Crippen LogP contribution in [0.2, 0.25) is 10.0 Å². The van der Waals surface area contributed by atoms with Crippen LogP contribution in [0.25, 0.3) is 16.8 Å². The van der Waals surface area contributed by atoms with Crippen molar-refractivity contribution in [2.45, 2.75) is 65.5 Å². The fraction of sp³-hybridized carbons (Fsp3) is 0.310. The molecule has 2 N–H and O–H groups in total. The van der Waals surface area contributed by atoms with Crippen LogP contribution in [-0.4, -0.2) is 71.9 Å². The van der Waals surface area contributed by atoms with Crippen LogP contribution in [0.1, 0.15) is 77.2 Å². The summed E-state index contributed by atoms with van der Waals surface area (Å²) in [5.41, 5.74) is 7.05. The van der Waals surface area contributed by atoms with Crippen LogP contribution in [0.4, 0.5) is 5.69 Å². The summed E-state index contributed by atoms with van der Waals surface area (Å²) in [6.45, 7) is 7.74. The molecule has 1 aliphatic heterocycles. The average molecular weight is 767 g/mol. The third-order valence-electron chi connectivity index (χ3n) is 9.67. The first-order valence-corrected chi connectivity index (χ1v) is 20.0. The van der Waals surface area contributed by atoms with E-state index in [4.69, 9.17) is 28.3 Å². The highest BCUT2D eigenvalue weighted by atomic mass is 35.5. The number of halogens is 2. The average Bonchev–Trinajstić information content (AvgIpc) is 3.56. The van der Waals surface area contributed by atoms with Gasteiger partial charge in [0.2, 0.25) is 9.68 Å². The first-order valence-electron chi connectivity index (χ1n) is 18.3. The fourth-order valence-electron chi connectivity index (χ4n) is 6.72. The van der Waals surface area contributed by atoms with Crippen LogP contribution in [0.5, 0.6) is 0 Å². The Kier molecular flexibility index (Phi) is 12.7. The SMILES string of the molecule is CCCCN(CCCC)C(=O)c1cc(C)n(-c2ccc(N[Si]c3ccc(-c4cc(Cl)cc(Cl)c4)cc3)cc2C(=O)N2Cc3ccccc3C[C@H]2CO)n1. The minimum absolute atomic E-state index is 0.0985. The number of amides is 2. The van der Waals surface area contributed by atoms with Crippen molar-refractivity contribution in [3.63, 3.8) is 0 Å². The van der Waals surface area contributed by atoms with Crippen molar-refractivity contribution >= 4 is 55.6 Å². The third-order valence-corrected chi connectivity index (χ3v) is 11.1. The Morgan fingerprint density at radius 3 is 2.23 bits per heavy atom. The lowest BCUT2D eigenvalue weighted by Gasteiger charge is -2.36. The summed E-state index contributed by atoms with van der Waals surface area (Å²) in [6, 6.07) is 28.9. The Hall–Kier alpha value is -4.41. The number of anilines is 1. The zero-order valence-corrected chi connectivity index (χ0v) is 32.9. The first-order chi connectivity index (χ1) is 25.7. The van der Waals surface area contributed by atoms with E-state index in [1.54, 1.807) is 15.6 Å². The molecule has 0 saturated heterocycles. The van der Waals surface area contributed by atoms with Crippen LogP contribution in [0.3, 0.4) is 0 Å². The molecule has 5 aromatic rings. The summed E-state index contributed by atoms with van der Waals surface area (Å²) in [4.78, 5) is 35.6. The van der Waals surface area contributed by atoms with Gasteiger partial charge in [0.15, 0.2) is 5.69 Å². The minimum Gasteiger partial charge on any atom is -0.408 e. The second-order valence-electron chi connectivity index (χ2n) is 13.5. The van der Waals surface area contributed by atoms with E-state index >= 15 is 0 Å². The van der Waals surface area contributed by atoms with Crippen molar-refractivity contribution in [2.24, 2.45) is 0 Å². The minimum atomic E-state index is -0.377. The molecule has 2 heterocycles. The summed E-state index contributed by atoms with van der Waals surface area (Å²) in [7, 11) is 0.217. The van der Waals surface area contributed by atoms with Crippen LogP contribution in [-0.2, 0) is 13.0 Å². The molecule has 2 amide bonds. The second kappa shape index (κ2) is 17.6. The number of benzene rings is 4. The maximum absolute atomic E-state index is 14.7. The zero-order chi connectivity index (χ0) is 37.5. The van der Waals surface area contributed by atoms with Gasteiger partial charge in [-0.1, -0.05) is 98.4 Å². The predicted molar refractivity (Wildman–Crippen MR) is 216 cm³/mol. The lowest BCUT2D eigenvalue weighted by Crippen LogP contribution is -2.46. The van der Waals surface area contributed by atoms with Gasteiger partial charge in [-0.05, 0) is 96.1 Å². The first kappa shape index (κ1) is 38.3. The van der Waals surface area contributed by atoms with Crippen molar-refractivity contribution in [1.29, 1.82) is 0 Å². The van der Waals surface area contributed by atoms with Crippen LogP contribution >= 0.6 is 23.2 Å². The summed E-state index contributed by atoms with van der Waals surface area (Å²) in [6.07, 6.45) is 4.41. The van der Waals surface area contributed by atoms with Crippen molar-refractivity contribution in [3.8, 4) is 16.8 Å². The molecule has 0 spiro atoms. The van der Waals surface area contributed by atoms with Crippen molar-refractivity contribution in [2.75, 3.05) is 24.7 Å². The van der Waals surface area contributed by atoms with Crippen LogP contribution < -0.4 is 10.2 Å². The highest BCUT2D eigenvalue weighted by molar-refractivity contribution is 6.57. The molecule has 0 bridgehead atoms. The molecule has 4 aromatic carbocycles. The molecule has 0 aliphatic carbocycles. The number of carbonyl (C=O) groups excluding carboxylic acids is 2. The Morgan fingerprint density at radius 2 is 1.57 bits per heavy atom. The summed E-state index contributed by atoms with van der Waals surface area (Å²) in [5.74, 6) is -0.307. The largest absolute Gasteiger partial charge is 0.408 e.